The van der Waals surface area contributed by atoms with Crippen molar-refractivity contribution in [3.8, 4) is 5.75 Å². The number of amides is 1. The topological polar surface area (TPSA) is 101 Å². The van der Waals surface area contributed by atoms with Crippen LogP contribution in [0.3, 0.4) is 0 Å². The summed E-state index contributed by atoms with van der Waals surface area (Å²) >= 11 is 0. The van der Waals surface area contributed by atoms with Crippen LogP contribution in [0.2, 0.25) is 0 Å². The number of hydrogen-bond donors (Lipinski definition) is 2. The van der Waals surface area contributed by atoms with Gasteiger partial charge in [-0.05, 0) is 61.6 Å². The Kier molecular flexibility index (Phi) is 10.3. The fourth-order valence-electron chi connectivity index (χ4n) is 4.30. The Morgan fingerprint density at radius 2 is 1.89 bits per heavy atom. The summed E-state index contributed by atoms with van der Waals surface area (Å²) in [4.78, 5) is 27.2. The molecule has 4 rings (SSSR count). The number of halogens is 1. The van der Waals surface area contributed by atoms with Gasteiger partial charge in [-0.1, -0.05) is 24.3 Å². The molecule has 8 nitrogen and oxygen atoms in total. The summed E-state index contributed by atoms with van der Waals surface area (Å²) in [6, 6.07) is 15.2. The standard InChI is InChI=1S/C27H32N2O6.ClH/c1-19-2-6-21-17-23(27(31)35-25(21)16-19)18-22(26(30)28-32)7-3-20-4-8-24(9-5-20)34-15-12-29-10-13-33-14-11-29;/h2,4-6,8-9,16-17,22,32H,3,7,10-15,18H2,1H3,(H,28,30);1H. The third-order valence-electron chi connectivity index (χ3n) is 6.40. The number of fused-ring (bicyclic) bond motifs is 1. The maximum Gasteiger partial charge on any atom is 0.339 e. The van der Waals surface area contributed by atoms with Crippen LogP contribution < -0.4 is 15.8 Å². The van der Waals surface area contributed by atoms with Gasteiger partial charge in [-0.2, -0.15) is 0 Å². The lowest BCUT2D eigenvalue weighted by Crippen LogP contribution is -2.38. The van der Waals surface area contributed by atoms with E-state index in [1.807, 2.05) is 49.4 Å². The quantitative estimate of drug-likeness (QED) is 0.241. The van der Waals surface area contributed by atoms with E-state index in [2.05, 4.69) is 4.90 Å². The zero-order valence-electron chi connectivity index (χ0n) is 20.4. The third-order valence-corrected chi connectivity index (χ3v) is 6.40. The Bertz CT molecular complexity index is 1190. The minimum atomic E-state index is -0.574. The van der Waals surface area contributed by atoms with Crippen LogP contribution in [0, 0.1) is 12.8 Å². The number of nitrogens with zero attached hydrogens (tertiary/aromatic N) is 1. The highest BCUT2D eigenvalue weighted by Crippen LogP contribution is 2.20. The van der Waals surface area contributed by atoms with Crippen molar-refractivity contribution in [3.63, 3.8) is 0 Å². The lowest BCUT2D eigenvalue weighted by Gasteiger charge is -2.26. The molecule has 1 amide bonds. The van der Waals surface area contributed by atoms with E-state index in [0.717, 1.165) is 55.1 Å². The van der Waals surface area contributed by atoms with Gasteiger partial charge in [0.05, 0.1) is 13.2 Å². The highest BCUT2D eigenvalue weighted by molar-refractivity contribution is 5.85. The van der Waals surface area contributed by atoms with E-state index < -0.39 is 17.5 Å². The number of hydroxylamine groups is 1. The van der Waals surface area contributed by atoms with Crippen molar-refractivity contribution < 1.29 is 23.9 Å². The molecular formula is C27H33ClN2O6. The molecule has 2 N–H and O–H groups in total. The molecule has 2 heterocycles. The molecule has 0 bridgehead atoms. The van der Waals surface area contributed by atoms with Crippen LogP contribution in [0.5, 0.6) is 5.75 Å². The zero-order chi connectivity index (χ0) is 24.6. The minimum absolute atomic E-state index is 0. The summed E-state index contributed by atoms with van der Waals surface area (Å²) in [7, 11) is 0. The van der Waals surface area contributed by atoms with Gasteiger partial charge in [0.25, 0.3) is 0 Å². The molecule has 0 radical (unpaired) electrons. The molecule has 1 aliphatic rings. The van der Waals surface area contributed by atoms with Crippen LogP contribution in [0.25, 0.3) is 11.0 Å². The second-order valence-electron chi connectivity index (χ2n) is 8.96. The van der Waals surface area contributed by atoms with Gasteiger partial charge >= 0.3 is 5.63 Å². The number of ether oxygens (including phenoxy) is 2. The Morgan fingerprint density at radius 3 is 2.61 bits per heavy atom. The van der Waals surface area contributed by atoms with Crippen LogP contribution >= 0.6 is 12.4 Å². The number of carbonyl (C=O) groups excluding carboxylic acids is 1. The lowest BCUT2D eigenvalue weighted by atomic mass is 9.92. The number of nitrogens with one attached hydrogen (secondary N) is 1. The first-order valence-corrected chi connectivity index (χ1v) is 12.0. The third kappa shape index (κ3) is 7.54. The largest absolute Gasteiger partial charge is 0.492 e. The van der Waals surface area contributed by atoms with Crippen molar-refractivity contribution >= 4 is 29.3 Å². The van der Waals surface area contributed by atoms with Crippen LogP contribution in [0.15, 0.2) is 57.7 Å². The van der Waals surface area contributed by atoms with Gasteiger partial charge in [0.15, 0.2) is 0 Å². The summed E-state index contributed by atoms with van der Waals surface area (Å²) in [5.74, 6) is -0.289. The molecule has 1 atom stereocenters. The average molecular weight is 517 g/mol. The van der Waals surface area contributed by atoms with E-state index in [4.69, 9.17) is 13.9 Å². The summed E-state index contributed by atoms with van der Waals surface area (Å²) in [6.07, 6.45) is 1.26. The second kappa shape index (κ2) is 13.4. The predicted molar refractivity (Wildman–Crippen MR) is 139 cm³/mol. The SMILES string of the molecule is Cc1ccc2cc(CC(CCc3ccc(OCCN4CCOCC4)cc3)C(=O)NO)c(=O)oc2c1.Cl. The Morgan fingerprint density at radius 1 is 1.14 bits per heavy atom. The lowest BCUT2D eigenvalue weighted by molar-refractivity contribution is -0.133. The van der Waals surface area contributed by atoms with Crippen LogP contribution in [0.1, 0.15) is 23.1 Å². The highest BCUT2D eigenvalue weighted by atomic mass is 35.5. The van der Waals surface area contributed by atoms with Crippen molar-refractivity contribution in [2.24, 2.45) is 5.92 Å². The summed E-state index contributed by atoms with van der Waals surface area (Å²) in [5.41, 5.74) is 4.26. The number of benzene rings is 2. The molecule has 36 heavy (non-hydrogen) atoms. The normalized spacial score (nSPS) is 14.7. The van der Waals surface area contributed by atoms with Gasteiger partial charge in [0.1, 0.15) is 17.9 Å². The van der Waals surface area contributed by atoms with Crippen LogP contribution in [-0.2, 0) is 22.4 Å². The van der Waals surface area contributed by atoms with E-state index in [-0.39, 0.29) is 18.8 Å². The maximum atomic E-state index is 12.5. The molecular weight excluding hydrogens is 484 g/mol. The molecule has 0 aliphatic carbocycles. The molecule has 1 fully saturated rings. The number of morpholine rings is 1. The average Bonchev–Trinajstić information content (AvgIpc) is 2.88. The van der Waals surface area contributed by atoms with E-state index in [9.17, 15) is 14.8 Å². The van der Waals surface area contributed by atoms with E-state index in [1.54, 1.807) is 11.5 Å². The molecule has 1 unspecified atom stereocenters. The van der Waals surface area contributed by atoms with Crippen LogP contribution in [-0.4, -0.2) is 55.5 Å². The number of carbonyl (C=O) groups is 1. The van der Waals surface area contributed by atoms with Crippen molar-refractivity contribution in [1.29, 1.82) is 0 Å². The Hall–Kier alpha value is -2.91. The number of rotatable bonds is 10. The molecule has 194 valence electrons. The van der Waals surface area contributed by atoms with Crippen molar-refractivity contribution in [2.45, 2.75) is 26.2 Å². The monoisotopic (exact) mass is 516 g/mol. The van der Waals surface area contributed by atoms with Gasteiger partial charge < -0.3 is 13.9 Å². The summed E-state index contributed by atoms with van der Waals surface area (Å²) in [6.45, 7) is 6.83. The molecule has 9 heteroatoms. The highest BCUT2D eigenvalue weighted by Gasteiger charge is 2.21. The number of aryl methyl sites for hydroxylation is 2. The predicted octanol–water partition coefficient (Wildman–Crippen LogP) is 3.53. The van der Waals surface area contributed by atoms with E-state index >= 15 is 0 Å². The van der Waals surface area contributed by atoms with Crippen molar-refractivity contribution in [2.75, 3.05) is 39.5 Å². The first-order valence-electron chi connectivity index (χ1n) is 12.0. The van der Waals surface area contributed by atoms with Crippen molar-refractivity contribution in [3.05, 3.63) is 75.6 Å². The first-order chi connectivity index (χ1) is 17.0. The summed E-state index contributed by atoms with van der Waals surface area (Å²) < 4.78 is 16.7. The van der Waals surface area contributed by atoms with Gasteiger partial charge in [-0.15, -0.1) is 12.4 Å². The van der Waals surface area contributed by atoms with E-state index in [1.165, 1.54) is 0 Å². The minimum Gasteiger partial charge on any atom is -0.492 e. The molecule has 0 saturated carbocycles. The molecule has 1 saturated heterocycles. The molecule has 1 aliphatic heterocycles. The van der Waals surface area contributed by atoms with E-state index in [0.29, 0.717) is 30.6 Å². The van der Waals surface area contributed by atoms with Gasteiger partial charge in [-0.25, -0.2) is 10.3 Å². The fourth-order valence-corrected chi connectivity index (χ4v) is 4.30. The van der Waals surface area contributed by atoms with Gasteiger partial charge in [0, 0.05) is 36.5 Å². The summed E-state index contributed by atoms with van der Waals surface area (Å²) in [5, 5.41) is 10.0. The van der Waals surface area contributed by atoms with Gasteiger partial charge in [-0.3, -0.25) is 14.9 Å². The molecule has 2 aromatic carbocycles. The smallest absolute Gasteiger partial charge is 0.339 e. The number of hydrogen-bond acceptors (Lipinski definition) is 7. The molecule has 0 spiro atoms. The zero-order valence-corrected chi connectivity index (χ0v) is 21.2. The molecule has 1 aromatic heterocycles. The van der Waals surface area contributed by atoms with Crippen LogP contribution in [0.4, 0.5) is 0 Å². The second-order valence-corrected chi connectivity index (χ2v) is 8.96. The van der Waals surface area contributed by atoms with Gasteiger partial charge in [0.2, 0.25) is 5.91 Å². The molecule has 3 aromatic rings. The fraction of sp³-hybridized carbons (Fsp3) is 0.407. The Balaban J connectivity index is 0.00000361. The maximum absolute atomic E-state index is 12.5. The first kappa shape index (κ1) is 27.7. The Labute approximate surface area is 216 Å². The van der Waals surface area contributed by atoms with Crippen molar-refractivity contribution in [1.82, 2.24) is 10.4 Å².